The van der Waals surface area contributed by atoms with Crippen LogP contribution in [0.15, 0.2) is 48.6 Å². The molecular weight excluding hydrogens is 699 g/mol. The predicted molar refractivity (Wildman–Crippen MR) is 227 cm³/mol. The van der Waals surface area contributed by atoms with E-state index in [1.165, 1.54) is 70.6 Å². The van der Waals surface area contributed by atoms with E-state index in [2.05, 4.69) is 55.6 Å². The van der Waals surface area contributed by atoms with Crippen LogP contribution in [0.3, 0.4) is 0 Å². The largest absolute Gasteiger partial charge is 0.472 e. The molecule has 4 atom stereocenters. The highest BCUT2D eigenvalue weighted by molar-refractivity contribution is 7.47. The third kappa shape index (κ3) is 37.3. The Morgan fingerprint density at radius 1 is 0.667 bits per heavy atom. The Balaban J connectivity index is 4.54. The number of aliphatic hydroxyl groups is 2. The summed E-state index contributed by atoms with van der Waals surface area (Å²) in [7, 11) is 1.55. The summed E-state index contributed by atoms with van der Waals surface area (Å²) in [6, 6.07) is -0.801. The number of quaternary nitrogens is 1. The van der Waals surface area contributed by atoms with Crippen LogP contribution in [0.25, 0.3) is 0 Å². The first-order valence-electron chi connectivity index (χ1n) is 21.6. The van der Waals surface area contributed by atoms with Crippen LogP contribution < -0.4 is 5.32 Å². The van der Waals surface area contributed by atoms with E-state index in [9.17, 15) is 24.5 Å². The Bertz CT molecular complexity index is 1040. The summed E-state index contributed by atoms with van der Waals surface area (Å²) in [5.41, 5.74) is 0. The number of hydrogen-bond donors (Lipinski definition) is 4. The fraction of sp³-hybridized carbons (Fsp3) is 0.795. The summed E-state index contributed by atoms with van der Waals surface area (Å²) in [6.07, 6.45) is 40.4. The Labute approximate surface area is 332 Å². The molecule has 0 saturated heterocycles. The molecule has 0 heterocycles. The lowest BCUT2D eigenvalue weighted by atomic mass is 10.0. The molecule has 1 unspecified atom stereocenters. The fourth-order valence-corrected chi connectivity index (χ4v) is 6.62. The Morgan fingerprint density at radius 3 is 1.70 bits per heavy atom. The predicted octanol–water partition coefficient (Wildman–Crippen LogP) is 10.7. The average Bonchev–Trinajstić information content (AvgIpc) is 3.11. The van der Waals surface area contributed by atoms with Crippen molar-refractivity contribution in [1.29, 1.82) is 0 Å². The molecule has 0 saturated carbocycles. The number of phosphoric acid groups is 1. The number of phosphoric ester groups is 1. The molecule has 0 aromatic carbocycles. The van der Waals surface area contributed by atoms with Gasteiger partial charge >= 0.3 is 7.82 Å². The number of amides is 1. The topological polar surface area (TPSA) is 125 Å². The number of carbonyl (C=O) groups is 1. The minimum atomic E-state index is -4.34. The second-order valence-electron chi connectivity index (χ2n) is 15.9. The second-order valence-corrected chi connectivity index (χ2v) is 17.3. The van der Waals surface area contributed by atoms with E-state index in [1.54, 1.807) is 0 Å². The van der Waals surface area contributed by atoms with Gasteiger partial charge in [0.05, 0.1) is 46.0 Å². The van der Waals surface area contributed by atoms with Gasteiger partial charge in [-0.1, -0.05) is 165 Å². The van der Waals surface area contributed by atoms with Gasteiger partial charge in [0.15, 0.2) is 0 Å². The van der Waals surface area contributed by atoms with Crippen LogP contribution in [0.4, 0.5) is 0 Å². The zero-order valence-corrected chi connectivity index (χ0v) is 36.2. The summed E-state index contributed by atoms with van der Waals surface area (Å²) in [6.45, 7) is 4.67. The lowest BCUT2D eigenvalue weighted by molar-refractivity contribution is -0.870. The first-order chi connectivity index (χ1) is 25.9. The van der Waals surface area contributed by atoms with Crippen LogP contribution in [0.2, 0.25) is 0 Å². The van der Waals surface area contributed by atoms with Crippen LogP contribution in [0.5, 0.6) is 0 Å². The SMILES string of the molecule is CCCCCCCCCCCCCCCC[C@@H](O)[C@H](COP(=O)(O)OCC[N+](C)(C)C)NC(=O)CCC/C=C\C/C=C\C/C=C\C/C=C\[C@H](O)CCCC. The third-order valence-electron chi connectivity index (χ3n) is 9.40. The maximum absolute atomic E-state index is 12.8. The molecule has 0 bridgehead atoms. The van der Waals surface area contributed by atoms with Crippen LogP contribution in [-0.4, -0.2) is 84.6 Å². The van der Waals surface area contributed by atoms with Crippen LogP contribution in [0.1, 0.15) is 168 Å². The van der Waals surface area contributed by atoms with Crippen LogP contribution in [-0.2, 0) is 18.4 Å². The number of hydrogen-bond acceptors (Lipinski definition) is 6. The zero-order valence-electron chi connectivity index (χ0n) is 35.3. The smallest absolute Gasteiger partial charge is 0.391 e. The summed E-state index contributed by atoms with van der Waals surface area (Å²) in [5, 5.41) is 23.7. The molecule has 0 aliphatic rings. The average molecular weight is 784 g/mol. The van der Waals surface area contributed by atoms with Gasteiger partial charge < -0.3 is 24.9 Å². The quantitative estimate of drug-likeness (QED) is 0.0213. The summed E-state index contributed by atoms with van der Waals surface area (Å²) in [4.78, 5) is 23.1. The van der Waals surface area contributed by atoms with E-state index >= 15 is 0 Å². The molecule has 0 aliphatic heterocycles. The molecule has 1 amide bonds. The molecule has 0 rings (SSSR count). The molecule has 0 aromatic heterocycles. The molecule has 10 heteroatoms. The molecular formula is C44H84N2O7P+. The van der Waals surface area contributed by atoms with Crippen molar-refractivity contribution >= 4 is 13.7 Å². The molecule has 0 aromatic rings. The van der Waals surface area contributed by atoms with Crippen LogP contribution in [0, 0.1) is 0 Å². The normalized spacial score (nSPS) is 15.5. The van der Waals surface area contributed by atoms with Crippen molar-refractivity contribution in [3.8, 4) is 0 Å². The lowest BCUT2D eigenvalue weighted by Gasteiger charge is -2.26. The van der Waals surface area contributed by atoms with Crippen molar-refractivity contribution in [2.75, 3.05) is 40.9 Å². The van der Waals surface area contributed by atoms with E-state index < -0.39 is 20.0 Å². The summed E-state index contributed by atoms with van der Waals surface area (Å²) >= 11 is 0. The Kier molecular flexibility index (Phi) is 34.8. The van der Waals surface area contributed by atoms with Gasteiger partial charge in [-0.15, -0.1) is 0 Å². The minimum absolute atomic E-state index is 0.0554. The number of rotatable bonds is 38. The number of allylic oxidation sites excluding steroid dienone is 7. The van der Waals surface area contributed by atoms with Crippen molar-refractivity contribution < 1.29 is 38.0 Å². The van der Waals surface area contributed by atoms with Crippen molar-refractivity contribution in [2.24, 2.45) is 0 Å². The first-order valence-corrected chi connectivity index (χ1v) is 23.1. The van der Waals surface area contributed by atoms with Crippen molar-refractivity contribution in [2.45, 2.75) is 186 Å². The monoisotopic (exact) mass is 784 g/mol. The molecule has 54 heavy (non-hydrogen) atoms. The minimum Gasteiger partial charge on any atom is -0.391 e. The van der Waals surface area contributed by atoms with Gasteiger partial charge in [0, 0.05) is 6.42 Å². The zero-order chi connectivity index (χ0) is 40.2. The maximum Gasteiger partial charge on any atom is 0.472 e. The number of aliphatic hydroxyl groups excluding tert-OH is 2. The first kappa shape index (κ1) is 52.4. The number of carbonyl (C=O) groups excluding carboxylic acids is 1. The van der Waals surface area contributed by atoms with Crippen molar-refractivity contribution in [1.82, 2.24) is 5.32 Å². The van der Waals surface area contributed by atoms with Gasteiger partial charge in [0.1, 0.15) is 13.2 Å². The van der Waals surface area contributed by atoms with Gasteiger partial charge in [-0.05, 0) is 44.9 Å². The van der Waals surface area contributed by atoms with E-state index in [0.29, 0.717) is 23.9 Å². The molecule has 9 nitrogen and oxygen atoms in total. The highest BCUT2D eigenvalue weighted by atomic mass is 31.2. The number of nitrogens with zero attached hydrogens (tertiary/aromatic N) is 1. The van der Waals surface area contributed by atoms with Gasteiger partial charge in [-0.3, -0.25) is 13.8 Å². The maximum atomic E-state index is 12.8. The highest BCUT2D eigenvalue weighted by Crippen LogP contribution is 2.43. The highest BCUT2D eigenvalue weighted by Gasteiger charge is 2.28. The van der Waals surface area contributed by atoms with Gasteiger partial charge in [-0.2, -0.15) is 0 Å². The lowest BCUT2D eigenvalue weighted by Crippen LogP contribution is -2.46. The molecule has 316 valence electrons. The van der Waals surface area contributed by atoms with Gasteiger partial charge in [0.2, 0.25) is 5.91 Å². The van der Waals surface area contributed by atoms with Crippen molar-refractivity contribution in [3.63, 3.8) is 0 Å². The summed E-state index contributed by atoms with van der Waals surface area (Å²) in [5.74, 6) is -0.215. The molecule has 0 spiro atoms. The standard InChI is InChI=1S/C44H83N2O7P/c1-6-8-10-11-12-13-14-15-16-20-23-26-29-32-36-43(48)42(40-53-54(50,51)52-39-38-46(3,4)5)45-44(49)37-33-30-27-24-21-18-17-19-22-25-28-31-35-41(47)34-9-7-2/h17-18,22,24-25,27,31,35,41-43,47-48H,6-16,19-21,23,26,28-30,32-34,36-40H2,1-5H3,(H-,45,49,50,51)/p+1/b18-17-,25-22-,27-24-,35-31-/t41-,42+,43-/m1/s1. The molecule has 0 fully saturated rings. The van der Waals surface area contributed by atoms with Crippen molar-refractivity contribution in [3.05, 3.63) is 48.6 Å². The molecule has 0 radical (unpaired) electrons. The van der Waals surface area contributed by atoms with Crippen LogP contribution >= 0.6 is 7.82 Å². The Hall–Kier alpha value is -1.58. The van der Waals surface area contributed by atoms with Gasteiger partial charge in [0.25, 0.3) is 0 Å². The fourth-order valence-electron chi connectivity index (χ4n) is 5.88. The number of unbranched alkanes of at least 4 members (excludes halogenated alkanes) is 15. The number of nitrogens with one attached hydrogen (secondary N) is 1. The Morgan fingerprint density at radius 2 is 1.17 bits per heavy atom. The van der Waals surface area contributed by atoms with Gasteiger partial charge in [-0.25, -0.2) is 4.57 Å². The third-order valence-corrected chi connectivity index (χ3v) is 10.4. The van der Waals surface area contributed by atoms with E-state index in [1.807, 2.05) is 33.3 Å². The molecule has 0 aliphatic carbocycles. The van der Waals surface area contributed by atoms with E-state index in [-0.39, 0.29) is 31.6 Å². The summed E-state index contributed by atoms with van der Waals surface area (Å²) < 4.78 is 23.5. The number of likely N-dealkylation sites (N-methyl/N-ethyl adjacent to an activating group) is 1. The molecule has 4 N–H and O–H groups in total. The second kappa shape index (κ2) is 35.8. The van der Waals surface area contributed by atoms with E-state index in [0.717, 1.165) is 64.2 Å². The van der Waals surface area contributed by atoms with E-state index in [4.69, 9.17) is 9.05 Å².